The lowest BCUT2D eigenvalue weighted by Crippen LogP contribution is -2.38. The van der Waals surface area contributed by atoms with Crippen LogP contribution >= 0.6 is 0 Å². The fraction of sp³-hybridized carbons (Fsp3) is 0.476. The second kappa shape index (κ2) is 7.86. The van der Waals surface area contributed by atoms with Crippen molar-refractivity contribution < 1.29 is 27.5 Å². The van der Waals surface area contributed by atoms with Crippen LogP contribution in [-0.4, -0.2) is 54.6 Å². The number of allylic oxidation sites excluding steroid dienone is 1. The SMILES string of the molecule is CC1Cc2c(cccc2C(F)(F)F)N1C(=O)CC1=NC(N2CCOCC2)=CC(=O)C1. The highest BCUT2D eigenvalue weighted by molar-refractivity contribution is 6.16. The van der Waals surface area contributed by atoms with E-state index in [4.69, 9.17) is 4.74 Å². The van der Waals surface area contributed by atoms with E-state index in [1.54, 1.807) is 13.0 Å². The fourth-order valence-corrected chi connectivity index (χ4v) is 4.23. The molecule has 160 valence electrons. The first-order valence-electron chi connectivity index (χ1n) is 9.89. The van der Waals surface area contributed by atoms with E-state index in [0.717, 1.165) is 6.07 Å². The van der Waals surface area contributed by atoms with Crippen LogP contribution in [0.25, 0.3) is 0 Å². The molecular formula is C21H22F3N3O3. The van der Waals surface area contributed by atoms with Crippen LogP contribution < -0.4 is 4.90 Å². The van der Waals surface area contributed by atoms with Crippen LogP contribution in [-0.2, 0) is 26.9 Å². The van der Waals surface area contributed by atoms with Crippen LogP contribution in [0.3, 0.4) is 0 Å². The van der Waals surface area contributed by atoms with E-state index in [-0.39, 0.29) is 42.2 Å². The second-order valence-corrected chi connectivity index (χ2v) is 7.72. The summed E-state index contributed by atoms with van der Waals surface area (Å²) in [6.45, 7) is 4.03. The minimum Gasteiger partial charge on any atom is -0.378 e. The monoisotopic (exact) mass is 421 g/mol. The lowest BCUT2D eigenvalue weighted by molar-refractivity contribution is -0.138. The molecule has 0 bridgehead atoms. The average molecular weight is 421 g/mol. The van der Waals surface area contributed by atoms with Crippen LogP contribution in [0.4, 0.5) is 18.9 Å². The molecule has 3 heterocycles. The van der Waals surface area contributed by atoms with E-state index < -0.39 is 17.8 Å². The summed E-state index contributed by atoms with van der Waals surface area (Å²) in [5.41, 5.74) is 0.155. The van der Waals surface area contributed by atoms with Crippen molar-refractivity contribution in [2.75, 3.05) is 31.2 Å². The topological polar surface area (TPSA) is 62.2 Å². The number of carbonyl (C=O) groups is 2. The van der Waals surface area contributed by atoms with Crippen LogP contribution in [0.1, 0.15) is 30.9 Å². The van der Waals surface area contributed by atoms with Crippen molar-refractivity contribution in [3.63, 3.8) is 0 Å². The van der Waals surface area contributed by atoms with Crippen molar-refractivity contribution in [1.29, 1.82) is 0 Å². The third-order valence-electron chi connectivity index (χ3n) is 5.56. The number of nitrogens with zero attached hydrogens (tertiary/aromatic N) is 3. The summed E-state index contributed by atoms with van der Waals surface area (Å²) in [6.07, 6.45) is -2.92. The third kappa shape index (κ3) is 3.98. The van der Waals surface area contributed by atoms with Crippen molar-refractivity contribution in [2.24, 2.45) is 4.99 Å². The number of amides is 1. The van der Waals surface area contributed by atoms with Crippen molar-refractivity contribution in [3.8, 4) is 0 Å². The Balaban J connectivity index is 1.56. The first kappa shape index (κ1) is 20.6. The normalized spacial score (nSPS) is 22.0. The quantitative estimate of drug-likeness (QED) is 0.753. The maximum Gasteiger partial charge on any atom is 0.416 e. The number of benzene rings is 1. The number of ketones is 1. The van der Waals surface area contributed by atoms with Crippen LogP contribution in [0, 0.1) is 0 Å². The van der Waals surface area contributed by atoms with Gasteiger partial charge < -0.3 is 14.5 Å². The van der Waals surface area contributed by atoms with Gasteiger partial charge in [0.1, 0.15) is 5.82 Å². The van der Waals surface area contributed by atoms with E-state index in [0.29, 0.717) is 37.8 Å². The molecule has 4 rings (SSSR count). The summed E-state index contributed by atoms with van der Waals surface area (Å²) < 4.78 is 45.4. The molecule has 1 aromatic carbocycles. The van der Waals surface area contributed by atoms with Gasteiger partial charge in [-0.05, 0) is 31.0 Å². The van der Waals surface area contributed by atoms with Crippen LogP contribution in [0.2, 0.25) is 0 Å². The van der Waals surface area contributed by atoms with Gasteiger partial charge in [0.15, 0.2) is 5.78 Å². The van der Waals surface area contributed by atoms with Crippen LogP contribution in [0.15, 0.2) is 35.1 Å². The smallest absolute Gasteiger partial charge is 0.378 e. The van der Waals surface area contributed by atoms with Gasteiger partial charge in [0.25, 0.3) is 0 Å². The third-order valence-corrected chi connectivity index (χ3v) is 5.56. The van der Waals surface area contributed by atoms with E-state index in [1.165, 1.54) is 17.0 Å². The molecule has 6 nitrogen and oxygen atoms in total. The van der Waals surface area contributed by atoms with E-state index >= 15 is 0 Å². The minimum absolute atomic E-state index is 0.0389. The molecule has 0 N–H and O–H groups in total. The number of ether oxygens (including phenoxy) is 1. The number of rotatable bonds is 3. The number of fused-ring (bicyclic) bond motifs is 1. The molecule has 1 unspecified atom stereocenters. The molecule has 0 saturated carbocycles. The number of anilines is 1. The Hall–Kier alpha value is -2.68. The van der Waals surface area contributed by atoms with Gasteiger partial charge in [0.05, 0.1) is 25.2 Å². The summed E-state index contributed by atoms with van der Waals surface area (Å²) >= 11 is 0. The summed E-state index contributed by atoms with van der Waals surface area (Å²) in [5.74, 6) is 0.0328. The van der Waals surface area contributed by atoms with Crippen molar-refractivity contribution in [3.05, 3.63) is 41.2 Å². The summed E-state index contributed by atoms with van der Waals surface area (Å²) in [5, 5.41) is 0. The van der Waals surface area contributed by atoms with Gasteiger partial charge in [-0.25, -0.2) is 4.99 Å². The maximum absolute atomic E-state index is 13.4. The van der Waals surface area contributed by atoms with Gasteiger partial charge in [-0.1, -0.05) is 6.07 Å². The molecule has 0 radical (unpaired) electrons. The molecule has 1 aromatic rings. The highest BCUT2D eigenvalue weighted by atomic mass is 19.4. The summed E-state index contributed by atoms with van der Waals surface area (Å²) in [4.78, 5) is 33.1. The zero-order valence-corrected chi connectivity index (χ0v) is 16.5. The summed E-state index contributed by atoms with van der Waals surface area (Å²) in [6, 6.07) is 3.51. The van der Waals surface area contributed by atoms with Crippen molar-refractivity contribution in [1.82, 2.24) is 4.90 Å². The number of hydrogen-bond donors (Lipinski definition) is 0. The second-order valence-electron chi connectivity index (χ2n) is 7.72. The largest absolute Gasteiger partial charge is 0.416 e. The molecule has 1 atom stereocenters. The molecule has 30 heavy (non-hydrogen) atoms. The van der Waals surface area contributed by atoms with E-state index in [1.807, 2.05) is 4.90 Å². The van der Waals surface area contributed by atoms with Gasteiger partial charge in [-0.3, -0.25) is 9.59 Å². The van der Waals surface area contributed by atoms with Gasteiger partial charge in [-0.2, -0.15) is 13.2 Å². The molecule has 0 spiro atoms. The first-order chi connectivity index (χ1) is 14.2. The van der Waals surface area contributed by atoms with Gasteiger partial charge in [0, 0.05) is 43.0 Å². The number of halogens is 3. The predicted molar refractivity (Wildman–Crippen MR) is 104 cm³/mol. The van der Waals surface area contributed by atoms with Crippen LogP contribution in [0.5, 0.6) is 0 Å². The molecule has 1 fully saturated rings. The number of morpholine rings is 1. The lowest BCUT2D eigenvalue weighted by Gasteiger charge is -2.30. The molecule has 0 aromatic heterocycles. The molecule has 3 aliphatic heterocycles. The first-order valence-corrected chi connectivity index (χ1v) is 9.89. The molecular weight excluding hydrogens is 399 g/mol. The predicted octanol–water partition coefficient (Wildman–Crippen LogP) is 2.96. The Morgan fingerprint density at radius 2 is 2.00 bits per heavy atom. The Morgan fingerprint density at radius 1 is 1.27 bits per heavy atom. The zero-order chi connectivity index (χ0) is 21.5. The highest BCUT2D eigenvalue weighted by Crippen LogP contribution is 2.41. The van der Waals surface area contributed by atoms with Crippen molar-refractivity contribution in [2.45, 2.75) is 38.4 Å². The van der Waals surface area contributed by atoms with Gasteiger partial charge in [-0.15, -0.1) is 0 Å². The summed E-state index contributed by atoms with van der Waals surface area (Å²) in [7, 11) is 0. The number of carbonyl (C=O) groups excluding carboxylic acids is 2. The molecule has 0 aliphatic carbocycles. The number of hydrogen-bond acceptors (Lipinski definition) is 5. The average Bonchev–Trinajstić information content (AvgIpc) is 3.03. The zero-order valence-electron chi connectivity index (χ0n) is 16.5. The number of alkyl halides is 3. The van der Waals surface area contributed by atoms with E-state index in [9.17, 15) is 22.8 Å². The van der Waals surface area contributed by atoms with Gasteiger partial charge in [0.2, 0.25) is 5.91 Å². The Bertz CT molecular complexity index is 933. The Morgan fingerprint density at radius 3 is 2.70 bits per heavy atom. The molecule has 3 aliphatic rings. The minimum atomic E-state index is -4.47. The highest BCUT2D eigenvalue weighted by Gasteiger charge is 2.40. The Labute approximate surface area is 172 Å². The molecule has 9 heteroatoms. The molecule has 1 amide bonds. The lowest BCUT2D eigenvalue weighted by atomic mass is 10.0. The van der Waals surface area contributed by atoms with E-state index in [2.05, 4.69) is 4.99 Å². The molecule has 1 saturated heterocycles. The number of aliphatic imine (C=N–C) groups is 1. The Kier molecular flexibility index (Phi) is 5.40. The standard InChI is InChI=1S/C21H22F3N3O3/c1-13-9-16-17(21(22,23)24)3-2-4-18(16)27(13)20(29)11-14-10-15(28)12-19(25-14)26-5-7-30-8-6-26/h2-4,12-13H,5-11H2,1H3. The maximum atomic E-state index is 13.4. The van der Waals surface area contributed by atoms with Crippen molar-refractivity contribution >= 4 is 23.1 Å². The van der Waals surface area contributed by atoms with Gasteiger partial charge >= 0.3 is 6.18 Å². The fourth-order valence-electron chi connectivity index (χ4n) is 4.23.